The van der Waals surface area contributed by atoms with E-state index in [1.165, 1.54) is 12.1 Å². The number of rotatable bonds is 5. The summed E-state index contributed by atoms with van der Waals surface area (Å²) in [5.74, 6) is -0.816. The summed E-state index contributed by atoms with van der Waals surface area (Å²) in [4.78, 5) is 11.8. The maximum Gasteiger partial charge on any atom is 0.243 e. The number of benzene rings is 2. The molecule has 22 heavy (non-hydrogen) atoms. The fraction of sp³-hybridized carbons (Fsp3) is 0.125. The molecular weight excluding hydrogens is 305 g/mol. The first-order valence-electron chi connectivity index (χ1n) is 6.53. The van der Waals surface area contributed by atoms with Gasteiger partial charge >= 0.3 is 0 Å². The van der Waals surface area contributed by atoms with E-state index in [2.05, 4.69) is 10.6 Å². The van der Waals surface area contributed by atoms with Gasteiger partial charge in [-0.1, -0.05) is 23.7 Å². The van der Waals surface area contributed by atoms with Crippen molar-refractivity contribution >= 4 is 28.9 Å². The zero-order chi connectivity index (χ0) is 15.9. The molecule has 6 heteroatoms. The van der Waals surface area contributed by atoms with Crippen molar-refractivity contribution in [2.24, 2.45) is 0 Å². The molecule has 2 rings (SSSR count). The smallest absolute Gasteiger partial charge is 0.243 e. The molecule has 0 aliphatic heterocycles. The average molecular weight is 318 g/mol. The van der Waals surface area contributed by atoms with Crippen molar-refractivity contribution < 1.29 is 9.18 Å². The molecule has 0 aromatic heterocycles. The van der Waals surface area contributed by atoms with Crippen molar-refractivity contribution in [3.8, 4) is 6.07 Å². The van der Waals surface area contributed by atoms with E-state index in [4.69, 9.17) is 16.9 Å². The number of nitrogens with one attached hydrogen (secondary N) is 2. The molecule has 0 atom stereocenters. The van der Waals surface area contributed by atoms with E-state index < -0.39 is 5.82 Å². The second-order valence-electron chi connectivity index (χ2n) is 4.56. The highest BCUT2D eigenvalue weighted by molar-refractivity contribution is 6.30. The normalized spacial score (nSPS) is 9.86. The van der Waals surface area contributed by atoms with Gasteiger partial charge in [0.05, 0.1) is 24.7 Å². The van der Waals surface area contributed by atoms with Gasteiger partial charge in [0.2, 0.25) is 5.91 Å². The van der Waals surface area contributed by atoms with Gasteiger partial charge in [-0.05, 0) is 35.9 Å². The maximum atomic E-state index is 13.5. The van der Waals surface area contributed by atoms with Crippen LogP contribution in [0.25, 0.3) is 0 Å². The number of nitriles is 1. The van der Waals surface area contributed by atoms with E-state index in [0.717, 1.165) is 5.56 Å². The standard InChI is InChI=1S/C16H13ClFN3O/c17-12-3-6-15(14(18)9-12)20-10-16(22)21-13-4-1-11(2-5-13)7-8-19/h1-6,9,20H,7,10H2,(H,21,22). The summed E-state index contributed by atoms with van der Waals surface area (Å²) in [6, 6.07) is 13.2. The number of anilines is 2. The average Bonchev–Trinajstić information content (AvgIpc) is 2.49. The molecule has 0 fully saturated rings. The van der Waals surface area contributed by atoms with Gasteiger partial charge in [0.15, 0.2) is 0 Å². The van der Waals surface area contributed by atoms with Crippen molar-refractivity contribution in [1.29, 1.82) is 5.26 Å². The van der Waals surface area contributed by atoms with Crippen LogP contribution in [-0.4, -0.2) is 12.5 Å². The highest BCUT2D eigenvalue weighted by Gasteiger charge is 2.06. The number of halogens is 2. The number of hydrogen-bond donors (Lipinski definition) is 2. The summed E-state index contributed by atoms with van der Waals surface area (Å²) in [5.41, 5.74) is 1.70. The van der Waals surface area contributed by atoms with Crippen LogP contribution in [0.4, 0.5) is 15.8 Å². The first-order valence-corrected chi connectivity index (χ1v) is 6.91. The van der Waals surface area contributed by atoms with Crippen LogP contribution in [0.1, 0.15) is 5.56 Å². The van der Waals surface area contributed by atoms with E-state index in [0.29, 0.717) is 17.1 Å². The summed E-state index contributed by atoms with van der Waals surface area (Å²) in [7, 11) is 0. The third kappa shape index (κ3) is 4.47. The van der Waals surface area contributed by atoms with Gasteiger partial charge in [0, 0.05) is 10.7 Å². The van der Waals surface area contributed by atoms with Gasteiger partial charge in [-0.15, -0.1) is 0 Å². The van der Waals surface area contributed by atoms with E-state index in [1.807, 2.05) is 6.07 Å². The lowest BCUT2D eigenvalue weighted by molar-refractivity contribution is -0.114. The molecule has 2 N–H and O–H groups in total. The molecule has 2 aromatic rings. The molecule has 1 amide bonds. The van der Waals surface area contributed by atoms with Crippen molar-refractivity contribution in [3.63, 3.8) is 0 Å². The lowest BCUT2D eigenvalue weighted by atomic mass is 10.1. The second-order valence-corrected chi connectivity index (χ2v) is 4.99. The van der Waals surface area contributed by atoms with Crippen LogP contribution in [-0.2, 0) is 11.2 Å². The molecule has 112 valence electrons. The molecule has 0 spiro atoms. The monoisotopic (exact) mass is 317 g/mol. The van der Waals surface area contributed by atoms with Crippen LogP contribution in [0, 0.1) is 17.1 Å². The third-order valence-electron chi connectivity index (χ3n) is 2.89. The topological polar surface area (TPSA) is 64.9 Å². The van der Waals surface area contributed by atoms with Gasteiger partial charge in [0.25, 0.3) is 0 Å². The van der Waals surface area contributed by atoms with Crippen molar-refractivity contribution in [2.45, 2.75) is 6.42 Å². The van der Waals surface area contributed by atoms with Crippen LogP contribution >= 0.6 is 11.6 Å². The first kappa shape index (κ1) is 15.8. The van der Waals surface area contributed by atoms with Crippen molar-refractivity contribution in [2.75, 3.05) is 17.2 Å². The molecule has 0 radical (unpaired) electrons. The van der Waals surface area contributed by atoms with Crippen LogP contribution in [0.3, 0.4) is 0 Å². The number of carbonyl (C=O) groups excluding carboxylic acids is 1. The Bertz CT molecular complexity index is 710. The van der Waals surface area contributed by atoms with Crippen LogP contribution in [0.2, 0.25) is 5.02 Å². The molecule has 0 saturated heterocycles. The Morgan fingerprint density at radius 1 is 1.23 bits per heavy atom. The molecule has 2 aromatic carbocycles. The molecule has 0 aliphatic rings. The Kier molecular flexibility index (Phi) is 5.34. The van der Waals surface area contributed by atoms with E-state index in [9.17, 15) is 9.18 Å². The zero-order valence-corrected chi connectivity index (χ0v) is 12.3. The Labute approximate surface area is 132 Å². The molecule has 4 nitrogen and oxygen atoms in total. The summed E-state index contributed by atoms with van der Waals surface area (Å²) in [5, 5.41) is 14.3. The lowest BCUT2D eigenvalue weighted by Gasteiger charge is -2.09. The summed E-state index contributed by atoms with van der Waals surface area (Å²) >= 11 is 5.65. The minimum absolute atomic E-state index is 0.0709. The predicted molar refractivity (Wildman–Crippen MR) is 84.3 cm³/mol. The number of amides is 1. The van der Waals surface area contributed by atoms with E-state index in [-0.39, 0.29) is 18.1 Å². The van der Waals surface area contributed by atoms with Gasteiger partial charge in [-0.3, -0.25) is 4.79 Å². The van der Waals surface area contributed by atoms with Crippen molar-refractivity contribution in [1.82, 2.24) is 0 Å². The number of carbonyl (C=O) groups is 1. The molecule has 0 unspecified atom stereocenters. The summed E-state index contributed by atoms with van der Waals surface area (Å²) in [6.45, 7) is -0.0709. The highest BCUT2D eigenvalue weighted by atomic mass is 35.5. The first-order chi connectivity index (χ1) is 10.6. The summed E-state index contributed by atoms with van der Waals surface area (Å²) < 4.78 is 13.5. The Balaban J connectivity index is 1.89. The zero-order valence-electron chi connectivity index (χ0n) is 11.6. The van der Waals surface area contributed by atoms with Gasteiger partial charge in [0.1, 0.15) is 5.82 Å². The number of hydrogen-bond acceptors (Lipinski definition) is 3. The van der Waals surface area contributed by atoms with Crippen LogP contribution < -0.4 is 10.6 Å². The Hall–Kier alpha value is -2.58. The Morgan fingerprint density at radius 2 is 1.95 bits per heavy atom. The molecular formula is C16H13ClFN3O. The maximum absolute atomic E-state index is 13.5. The SMILES string of the molecule is N#CCc1ccc(NC(=O)CNc2ccc(Cl)cc2F)cc1. The molecule has 0 bridgehead atoms. The quantitative estimate of drug-likeness (QED) is 0.885. The fourth-order valence-electron chi connectivity index (χ4n) is 1.81. The minimum atomic E-state index is -0.513. The minimum Gasteiger partial charge on any atom is -0.374 e. The van der Waals surface area contributed by atoms with E-state index >= 15 is 0 Å². The van der Waals surface area contributed by atoms with Crippen molar-refractivity contribution in [3.05, 3.63) is 58.9 Å². The Morgan fingerprint density at radius 3 is 2.59 bits per heavy atom. The van der Waals surface area contributed by atoms with Crippen LogP contribution in [0.5, 0.6) is 0 Å². The molecule has 0 heterocycles. The molecule has 0 saturated carbocycles. The molecule has 0 aliphatic carbocycles. The fourth-order valence-corrected chi connectivity index (χ4v) is 1.97. The predicted octanol–water partition coefficient (Wildman–Crippen LogP) is 3.60. The second kappa shape index (κ2) is 7.43. The van der Waals surface area contributed by atoms with Gasteiger partial charge < -0.3 is 10.6 Å². The highest BCUT2D eigenvalue weighted by Crippen LogP contribution is 2.18. The van der Waals surface area contributed by atoms with Gasteiger partial charge in [-0.25, -0.2) is 4.39 Å². The van der Waals surface area contributed by atoms with Gasteiger partial charge in [-0.2, -0.15) is 5.26 Å². The van der Waals surface area contributed by atoms with Crippen LogP contribution in [0.15, 0.2) is 42.5 Å². The third-order valence-corrected chi connectivity index (χ3v) is 3.13. The largest absolute Gasteiger partial charge is 0.374 e. The van der Waals surface area contributed by atoms with E-state index in [1.54, 1.807) is 30.3 Å². The summed E-state index contributed by atoms with van der Waals surface area (Å²) in [6.07, 6.45) is 0.325. The number of nitrogens with zero attached hydrogens (tertiary/aromatic N) is 1. The lowest BCUT2D eigenvalue weighted by Crippen LogP contribution is -2.22.